The summed E-state index contributed by atoms with van der Waals surface area (Å²) in [6.45, 7) is 0. The van der Waals surface area contributed by atoms with Crippen LogP contribution in [0.2, 0.25) is 0 Å². The minimum atomic E-state index is -0.562. The Kier molecular flexibility index (Phi) is 1.95. The molecular weight excluding hydrogens is 215 g/mol. The number of carbonyl (C=O) groups excluding carboxylic acids is 2. The van der Waals surface area contributed by atoms with Gasteiger partial charge >= 0.3 is 0 Å². The van der Waals surface area contributed by atoms with Gasteiger partial charge < -0.3 is 0 Å². The molecule has 78 valence electrons. The molecule has 2 aromatic rings. The van der Waals surface area contributed by atoms with Crippen molar-refractivity contribution in [3.8, 4) is 11.4 Å². The number of rotatable bonds is 0. The van der Waals surface area contributed by atoms with Gasteiger partial charge in [-0.2, -0.15) is 0 Å². The molecule has 0 spiro atoms. The highest BCUT2D eigenvalue weighted by molar-refractivity contribution is 6.52. The average molecular weight is 220 g/mol. The maximum absolute atomic E-state index is 11.8. The molecule has 1 aliphatic rings. The second-order valence-electron chi connectivity index (χ2n) is 3.69. The molecule has 2 heterocycles. The van der Waals surface area contributed by atoms with Gasteiger partial charge in [0.15, 0.2) is 0 Å². The summed E-state index contributed by atoms with van der Waals surface area (Å²) in [5.41, 5.74) is 1.63. The number of aromatic nitrogens is 2. The topological polar surface area (TPSA) is 59.9 Å². The Morgan fingerprint density at radius 1 is 0.941 bits per heavy atom. The van der Waals surface area contributed by atoms with E-state index >= 15 is 0 Å². The average Bonchev–Trinajstić information content (AvgIpc) is 2.36. The van der Waals surface area contributed by atoms with Crippen LogP contribution in [0.5, 0.6) is 0 Å². The van der Waals surface area contributed by atoms with E-state index in [2.05, 4.69) is 9.97 Å². The highest BCUT2D eigenvalue weighted by Crippen LogP contribution is 2.28. The Bertz CT molecular complexity index is 667. The van der Waals surface area contributed by atoms with Gasteiger partial charge in [0.25, 0.3) is 0 Å². The summed E-state index contributed by atoms with van der Waals surface area (Å²) >= 11 is 0. The quantitative estimate of drug-likeness (QED) is 0.473. The number of Topliss-reactive ketones (excluding diaryl/α,β-unsaturated/α-hetero) is 2. The van der Waals surface area contributed by atoms with Crippen LogP contribution < -0.4 is 5.59 Å². The molecule has 2 radical (unpaired) electrons. The van der Waals surface area contributed by atoms with Gasteiger partial charge in [0.05, 0.1) is 16.8 Å². The molecule has 0 bridgehead atoms. The molecule has 0 aromatic carbocycles. The van der Waals surface area contributed by atoms with Crippen LogP contribution in [0.1, 0.15) is 20.7 Å². The molecule has 17 heavy (non-hydrogen) atoms. The van der Waals surface area contributed by atoms with Gasteiger partial charge in [0.1, 0.15) is 13.5 Å². The van der Waals surface area contributed by atoms with Crippen LogP contribution in [-0.4, -0.2) is 29.4 Å². The molecule has 0 N–H and O–H groups in total. The highest BCUT2D eigenvalue weighted by atomic mass is 16.2. The van der Waals surface area contributed by atoms with Gasteiger partial charge in [-0.05, 0) is 23.8 Å². The highest BCUT2D eigenvalue weighted by Gasteiger charge is 2.31. The van der Waals surface area contributed by atoms with Crippen LogP contribution in [-0.2, 0) is 0 Å². The molecule has 0 aliphatic heterocycles. The number of nitrogens with zero attached hydrogens (tertiary/aromatic N) is 2. The summed E-state index contributed by atoms with van der Waals surface area (Å²) in [7, 11) is 5.58. The SMILES string of the molecule is [B]c1ccc2c(n1)-c1ncccc1C(=O)C2=O. The molecule has 0 amide bonds. The molecule has 0 saturated carbocycles. The van der Waals surface area contributed by atoms with Gasteiger partial charge in [0, 0.05) is 6.20 Å². The van der Waals surface area contributed by atoms with E-state index in [0.29, 0.717) is 17.0 Å². The van der Waals surface area contributed by atoms with Crippen LogP contribution in [0.3, 0.4) is 0 Å². The zero-order valence-corrected chi connectivity index (χ0v) is 8.68. The fourth-order valence-electron chi connectivity index (χ4n) is 1.86. The fourth-order valence-corrected chi connectivity index (χ4v) is 1.86. The molecule has 5 heteroatoms. The number of ketones is 2. The minimum Gasteiger partial charge on any atom is -0.285 e. The van der Waals surface area contributed by atoms with E-state index in [1.54, 1.807) is 18.3 Å². The van der Waals surface area contributed by atoms with Crippen molar-refractivity contribution in [3.05, 3.63) is 41.6 Å². The Morgan fingerprint density at radius 2 is 1.65 bits per heavy atom. The van der Waals surface area contributed by atoms with Crippen molar-refractivity contribution in [3.63, 3.8) is 0 Å². The van der Waals surface area contributed by atoms with Gasteiger partial charge in [-0.25, -0.2) is 0 Å². The van der Waals surface area contributed by atoms with Crippen molar-refractivity contribution in [1.82, 2.24) is 9.97 Å². The van der Waals surface area contributed by atoms with Crippen LogP contribution in [0.25, 0.3) is 11.4 Å². The number of hydrogen-bond acceptors (Lipinski definition) is 4. The maximum atomic E-state index is 11.8. The van der Waals surface area contributed by atoms with E-state index in [0.717, 1.165) is 0 Å². The zero-order chi connectivity index (χ0) is 12.0. The fraction of sp³-hybridized carbons (Fsp3) is 0. The first-order valence-corrected chi connectivity index (χ1v) is 4.99. The molecule has 1 aliphatic carbocycles. The number of fused-ring (bicyclic) bond motifs is 3. The van der Waals surface area contributed by atoms with E-state index in [4.69, 9.17) is 7.85 Å². The van der Waals surface area contributed by atoms with Gasteiger partial charge in [-0.15, -0.1) is 0 Å². The van der Waals surface area contributed by atoms with Crippen molar-refractivity contribution in [1.29, 1.82) is 0 Å². The summed E-state index contributed by atoms with van der Waals surface area (Å²) < 4.78 is 0. The van der Waals surface area contributed by atoms with Crippen LogP contribution >= 0.6 is 0 Å². The molecule has 0 atom stereocenters. The first-order chi connectivity index (χ1) is 8.18. The van der Waals surface area contributed by atoms with Crippen LogP contribution in [0, 0.1) is 0 Å². The third kappa shape index (κ3) is 1.32. The van der Waals surface area contributed by atoms with Crippen molar-refractivity contribution in [2.75, 3.05) is 0 Å². The van der Waals surface area contributed by atoms with Crippen LogP contribution in [0.4, 0.5) is 0 Å². The van der Waals surface area contributed by atoms with Crippen molar-refractivity contribution < 1.29 is 9.59 Å². The third-order valence-electron chi connectivity index (χ3n) is 2.64. The lowest BCUT2D eigenvalue weighted by atomic mass is 9.89. The van der Waals surface area contributed by atoms with E-state index in [1.807, 2.05) is 0 Å². The summed E-state index contributed by atoms with van der Waals surface area (Å²) in [6, 6.07) is 6.19. The molecular formula is C12H5BN2O2. The predicted molar refractivity (Wildman–Crippen MR) is 61.5 cm³/mol. The van der Waals surface area contributed by atoms with Gasteiger partial charge in [-0.3, -0.25) is 19.6 Å². The lowest BCUT2D eigenvalue weighted by Crippen LogP contribution is -2.25. The molecule has 2 aromatic heterocycles. The lowest BCUT2D eigenvalue weighted by molar-refractivity contribution is 0.0814. The molecule has 0 fully saturated rings. The van der Waals surface area contributed by atoms with E-state index in [1.165, 1.54) is 12.1 Å². The zero-order valence-electron chi connectivity index (χ0n) is 8.68. The summed E-state index contributed by atoms with van der Waals surface area (Å²) in [6.07, 6.45) is 1.55. The number of hydrogen-bond donors (Lipinski definition) is 0. The monoisotopic (exact) mass is 220 g/mol. The van der Waals surface area contributed by atoms with Crippen molar-refractivity contribution >= 4 is 25.0 Å². The molecule has 0 saturated heterocycles. The first kappa shape index (κ1) is 9.90. The number of pyridine rings is 2. The van der Waals surface area contributed by atoms with E-state index < -0.39 is 11.6 Å². The smallest absolute Gasteiger partial charge is 0.235 e. The molecule has 0 unspecified atom stereocenters. The molecule has 3 rings (SSSR count). The largest absolute Gasteiger partial charge is 0.285 e. The first-order valence-electron chi connectivity index (χ1n) is 4.99. The van der Waals surface area contributed by atoms with Crippen LogP contribution in [0.15, 0.2) is 30.5 Å². The Labute approximate surface area is 98.1 Å². The summed E-state index contributed by atoms with van der Waals surface area (Å²) in [5.74, 6) is -1.11. The van der Waals surface area contributed by atoms with Crippen molar-refractivity contribution in [2.45, 2.75) is 0 Å². The lowest BCUT2D eigenvalue weighted by Gasteiger charge is -2.15. The van der Waals surface area contributed by atoms with E-state index in [9.17, 15) is 9.59 Å². The summed E-state index contributed by atoms with van der Waals surface area (Å²) in [5, 5.41) is 0. The minimum absolute atomic E-state index is 0.260. The van der Waals surface area contributed by atoms with Crippen molar-refractivity contribution in [2.24, 2.45) is 0 Å². The van der Waals surface area contributed by atoms with Gasteiger partial charge in [0.2, 0.25) is 11.6 Å². The van der Waals surface area contributed by atoms with Gasteiger partial charge in [-0.1, -0.05) is 6.07 Å². The Morgan fingerprint density at radius 3 is 2.41 bits per heavy atom. The summed E-state index contributed by atoms with van der Waals surface area (Å²) in [4.78, 5) is 31.8. The maximum Gasteiger partial charge on any atom is 0.235 e. The standard InChI is InChI=1S/C12H5BN2O2/c13-8-4-3-7-10(15-8)9-6(2-1-5-14-9)11(16)12(7)17/h1-5H. The predicted octanol–water partition coefficient (Wildman–Crippen LogP) is 0.316. The Hall–Kier alpha value is -2.30. The second kappa shape index (κ2) is 3.35. The number of carbonyl (C=O) groups is 2. The normalized spacial score (nSPS) is 13.2. The van der Waals surface area contributed by atoms with E-state index in [-0.39, 0.29) is 11.1 Å². The molecule has 4 nitrogen and oxygen atoms in total. The second-order valence-corrected chi connectivity index (χ2v) is 3.69. The Balaban J connectivity index is 2.41. The third-order valence-corrected chi connectivity index (χ3v) is 2.64.